The number of amides is 3. The van der Waals surface area contributed by atoms with E-state index in [1.807, 2.05) is 30.3 Å². The molecule has 3 amide bonds. The van der Waals surface area contributed by atoms with Crippen molar-refractivity contribution in [1.29, 1.82) is 5.26 Å². The van der Waals surface area contributed by atoms with Crippen LogP contribution < -0.4 is 5.32 Å². The minimum atomic E-state index is -1.07. The van der Waals surface area contributed by atoms with Gasteiger partial charge in [-0.25, -0.2) is 4.79 Å². The molecule has 22 heavy (non-hydrogen) atoms. The van der Waals surface area contributed by atoms with Crippen molar-refractivity contribution in [2.24, 2.45) is 5.92 Å². The van der Waals surface area contributed by atoms with Crippen molar-refractivity contribution in [1.82, 2.24) is 10.2 Å². The summed E-state index contributed by atoms with van der Waals surface area (Å²) in [4.78, 5) is 25.9. The second-order valence-corrected chi connectivity index (χ2v) is 6.28. The first kappa shape index (κ1) is 16.0. The van der Waals surface area contributed by atoms with Gasteiger partial charge in [-0.15, -0.1) is 0 Å². The first-order chi connectivity index (χ1) is 10.3. The van der Waals surface area contributed by atoms with E-state index in [0.717, 1.165) is 10.5 Å². The van der Waals surface area contributed by atoms with E-state index in [-0.39, 0.29) is 18.4 Å². The molecule has 1 aliphatic rings. The van der Waals surface area contributed by atoms with Gasteiger partial charge in [0.15, 0.2) is 0 Å². The monoisotopic (exact) mass is 299 g/mol. The quantitative estimate of drug-likeness (QED) is 0.869. The van der Waals surface area contributed by atoms with E-state index < -0.39 is 11.6 Å². The van der Waals surface area contributed by atoms with Crippen molar-refractivity contribution in [3.05, 3.63) is 35.4 Å². The fourth-order valence-corrected chi connectivity index (χ4v) is 2.57. The summed E-state index contributed by atoms with van der Waals surface area (Å²) in [5.74, 6) is -0.291. The topological polar surface area (TPSA) is 73.2 Å². The van der Waals surface area contributed by atoms with Crippen LogP contribution >= 0.6 is 0 Å². The van der Waals surface area contributed by atoms with Gasteiger partial charge in [-0.1, -0.05) is 38.1 Å². The van der Waals surface area contributed by atoms with Gasteiger partial charge >= 0.3 is 6.03 Å². The molecule has 1 aliphatic heterocycles. The molecule has 1 saturated heterocycles. The number of nitriles is 1. The van der Waals surface area contributed by atoms with Crippen LogP contribution in [0, 0.1) is 17.2 Å². The molecule has 116 valence electrons. The Balaban J connectivity index is 2.29. The Morgan fingerprint density at radius 1 is 1.23 bits per heavy atom. The van der Waals surface area contributed by atoms with Crippen LogP contribution in [-0.4, -0.2) is 23.4 Å². The number of benzene rings is 1. The largest absolute Gasteiger partial charge is 0.325 e. The van der Waals surface area contributed by atoms with Crippen LogP contribution in [0.4, 0.5) is 4.79 Å². The van der Waals surface area contributed by atoms with E-state index in [1.54, 1.807) is 13.8 Å². The maximum absolute atomic E-state index is 12.6. The number of urea groups is 1. The van der Waals surface area contributed by atoms with Crippen molar-refractivity contribution in [3.8, 4) is 6.07 Å². The van der Waals surface area contributed by atoms with Crippen LogP contribution in [0.1, 0.15) is 44.7 Å². The smallest absolute Gasteiger partial charge is 0.319 e. The van der Waals surface area contributed by atoms with Crippen LogP contribution in [0.25, 0.3) is 0 Å². The number of hydrogen-bond donors (Lipinski definition) is 1. The van der Waals surface area contributed by atoms with E-state index in [4.69, 9.17) is 5.26 Å². The van der Waals surface area contributed by atoms with E-state index in [2.05, 4.69) is 19.2 Å². The predicted octanol–water partition coefficient (Wildman–Crippen LogP) is 2.74. The second kappa shape index (κ2) is 5.80. The third-order valence-electron chi connectivity index (χ3n) is 4.11. The Morgan fingerprint density at radius 3 is 2.32 bits per heavy atom. The fraction of sp³-hybridized carbons (Fsp3) is 0.471. The maximum Gasteiger partial charge on any atom is 0.325 e. The highest BCUT2D eigenvalue weighted by Gasteiger charge is 2.49. The van der Waals surface area contributed by atoms with Gasteiger partial charge in [0.2, 0.25) is 0 Å². The molecule has 0 spiro atoms. The van der Waals surface area contributed by atoms with Crippen LogP contribution in [0.3, 0.4) is 0 Å². The lowest BCUT2D eigenvalue weighted by atomic mass is 9.90. The van der Waals surface area contributed by atoms with Gasteiger partial charge in [0.1, 0.15) is 5.54 Å². The third-order valence-corrected chi connectivity index (χ3v) is 4.11. The zero-order valence-corrected chi connectivity index (χ0v) is 13.4. The Morgan fingerprint density at radius 2 is 1.82 bits per heavy atom. The van der Waals surface area contributed by atoms with Gasteiger partial charge in [-0.3, -0.25) is 9.69 Å². The van der Waals surface area contributed by atoms with Gasteiger partial charge in [0.25, 0.3) is 5.91 Å². The molecule has 1 fully saturated rings. The molecule has 0 bridgehead atoms. The molecule has 2 atom stereocenters. The van der Waals surface area contributed by atoms with Gasteiger partial charge in [-0.05, 0) is 30.9 Å². The van der Waals surface area contributed by atoms with Crippen LogP contribution in [-0.2, 0) is 10.3 Å². The van der Waals surface area contributed by atoms with E-state index in [9.17, 15) is 9.59 Å². The number of nitrogens with one attached hydrogen (secondary N) is 1. The molecule has 1 N–H and O–H groups in total. The van der Waals surface area contributed by atoms with Crippen LogP contribution in [0.2, 0.25) is 0 Å². The third kappa shape index (κ3) is 2.69. The lowest BCUT2D eigenvalue weighted by Crippen LogP contribution is -2.41. The number of nitrogens with zero attached hydrogens (tertiary/aromatic N) is 2. The summed E-state index contributed by atoms with van der Waals surface area (Å²) >= 11 is 0. The van der Waals surface area contributed by atoms with Crippen molar-refractivity contribution in [3.63, 3.8) is 0 Å². The Labute approximate surface area is 130 Å². The number of hydrogen-bond acceptors (Lipinski definition) is 3. The van der Waals surface area contributed by atoms with Crippen LogP contribution in [0.5, 0.6) is 0 Å². The van der Waals surface area contributed by atoms with Gasteiger partial charge in [0, 0.05) is 6.54 Å². The molecular weight excluding hydrogens is 278 g/mol. The fourth-order valence-electron chi connectivity index (χ4n) is 2.57. The lowest BCUT2D eigenvalue weighted by Gasteiger charge is -2.23. The maximum atomic E-state index is 12.6. The van der Waals surface area contributed by atoms with Crippen molar-refractivity contribution < 1.29 is 9.59 Å². The average Bonchev–Trinajstić information content (AvgIpc) is 2.71. The molecule has 0 aliphatic carbocycles. The van der Waals surface area contributed by atoms with Gasteiger partial charge in [0.05, 0.1) is 12.0 Å². The summed E-state index contributed by atoms with van der Waals surface area (Å²) in [6.45, 7) is 7.71. The molecule has 1 aromatic rings. The molecule has 1 aromatic carbocycles. The summed E-state index contributed by atoms with van der Waals surface area (Å²) in [5.41, 5.74) is 0.864. The molecule has 0 aromatic heterocycles. The van der Waals surface area contributed by atoms with Crippen molar-refractivity contribution in [2.75, 3.05) is 6.54 Å². The van der Waals surface area contributed by atoms with E-state index in [1.165, 1.54) is 5.56 Å². The first-order valence-electron chi connectivity index (χ1n) is 7.43. The average molecular weight is 299 g/mol. The SMILES string of the molecule is CC(C#N)CN1C(=O)NC(C)(c2ccc(C(C)C)cc2)C1=O. The Kier molecular flexibility index (Phi) is 4.23. The molecule has 5 nitrogen and oxygen atoms in total. The molecule has 0 radical (unpaired) electrons. The standard InChI is InChI=1S/C17H21N3O2/c1-11(2)13-5-7-14(8-6-13)17(4)15(21)20(16(22)19-17)10-12(3)9-18/h5-8,11-12H,10H2,1-4H3,(H,19,22). The molecule has 2 rings (SSSR count). The molecule has 1 heterocycles. The highest BCUT2D eigenvalue weighted by Crippen LogP contribution is 2.30. The van der Waals surface area contributed by atoms with Gasteiger partial charge < -0.3 is 5.32 Å². The molecular formula is C17H21N3O2. The number of imide groups is 1. The minimum absolute atomic E-state index is 0.112. The number of carbonyl (C=O) groups excluding carboxylic acids is 2. The number of rotatable bonds is 4. The van der Waals surface area contributed by atoms with E-state index in [0.29, 0.717) is 5.92 Å². The summed E-state index contributed by atoms with van der Waals surface area (Å²) in [5, 5.41) is 11.6. The molecule has 5 heteroatoms. The second-order valence-electron chi connectivity index (χ2n) is 6.28. The summed E-state index contributed by atoms with van der Waals surface area (Å²) in [6.07, 6.45) is 0. The Hall–Kier alpha value is -2.35. The van der Waals surface area contributed by atoms with Crippen molar-refractivity contribution in [2.45, 2.75) is 39.2 Å². The van der Waals surface area contributed by atoms with Crippen LogP contribution in [0.15, 0.2) is 24.3 Å². The molecule has 0 saturated carbocycles. The summed E-state index contributed by atoms with van der Waals surface area (Å²) in [7, 11) is 0. The van der Waals surface area contributed by atoms with E-state index >= 15 is 0 Å². The van der Waals surface area contributed by atoms with Crippen molar-refractivity contribution >= 4 is 11.9 Å². The summed E-state index contributed by atoms with van der Waals surface area (Å²) in [6, 6.07) is 9.32. The zero-order chi connectivity index (χ0) is 16.5. The molecule has 2 unspecified atom stereocenters. The highest BCUT2D eigenvalue weighted by atomic mass is 16.2. The predicted molar refractivity (Wildman–Crippen MR) is 82.9 cm³/mol. The normalized spacial score (nSPS) is 22.6. The number of carbonyl (C=O) groups is 2. The minimum Gasteiger partial charge on any atom is -0.319 e. The Bertz CT molecular complexity index is 630. The van der Waals surface area contributed by atoms with Gasteiger partial charge in [-0.2, -0.15) is 5.26 Å². The zero-order valence-electron chi connectivity index (χ0n) is 13.4. The highest BCUT2D eigenvalue weighted by molar-refractivity contribution is 6.07. The first-order valence-corrected chi connectivity index (χ1v) is 7.43. The summed E-state index contributed by atoms with van der Waals surface area (Å²) < 4.78 is 0. The lowest BCUT2D eigenvalue weighted by molar-refractivity contribution is -0.131.